The van der Waals surface area contributed by atoms with Gasteiger partial charge in [0, 0.05) is 0 Å². The minimum atomic E-state index is 0.424. The smallest absolute Gasteiger partial charge is 0.00181 e. The molecule has 0 saturated heterocycles. The Kier molecular flexibility index (Phi) is 8.07. The topological polar surface area (TPSA) is 24.1 Å². The highest BCUT2D eigenvalue weighted by Gasteiger charge is 2.18. The summed E-state index contributed by atoms with van der Waals surface area (Å²) < 4.78 is 0. The van der Waals surface area contributed by atoms with Crippen molar-refractivity contribution in [2.45, 2.75) is 47.5 Å². The minimum absolute atomic E-state index is 0.424. The maximum Gasteiger partial charge on any atom is -0.00181 e. The van der Waals surface area contributed by atoms with Crippen molar-refractivity contribution in [2.75, 3.05) is 26.2 Å². The van der Waals surface area contributed by atoms with Crippen LogP contribution in [0.1, 0.15) is 47.5 Å². The Morgan fingerprint density at radius 1 is 1.00 bits per heavy atom. The van der Waals surface area contributed by atoms with E-state index in [1.165, 1.54) is 12.8 Å². The van der Waals surface area contributed by atoms with Gasteiger partial charge in [-0.25, -0.2) is 0 Å². The van der Waals surface area contributed by atoms with Crippen LogP contribution >= 0.6 is 0 Å². The van der Waals surface area contributed by atoms with Crippen LogP contribution in [0.15, 0.2) is 0 Å². The minimum Gasteiger partial charge on any atom is -0.317 e. The lowest BCUT2D eigenvalue weighted by Gasteiger charge is -2.27. The van der Waals surface area contributed by atoms with Gasteiger partial charge in [-0.3, -0.25) is 0 Å². The lowest BCUT2D eigenvalue weighted by atomic mass is 9.82. The van der Waals surface area contributed by atoms with E-state index in [9.17, 15) is 0 Å². The molecule has 2 N–H and O–H groups in total. The Hall–Kier alpha value is -0.0800. The molecule has 1 unspecified atom stereocenters. The highest BCUT2D eigenvalue weighted by Crippen LogP contribution is 2.24. The fraction of sp³-hybridized carbons (Fsp3) is 1.00. The summed E-state index contributed by atoms with van der Waals surface area (Å²) in [6.07, 6.45) is 2.46. The SMILES string of the molecule is CCCNCCCNCC(C)C(C)(C)C. The predicted molar refractivity (Wildman–Crippen MR) is 69.3 cm³/mol. The molecule has 92 valence electrons. The zero-order valence-corrected chi connectivity index (χ0v) is 11.3. The summed E-state index contributed by atoms with van der Waals surface area (Å²) in [4.78, 5) is 0. The van der Waals surface area contributed by atoms with E-state index in [0.29, 0.717) is 5.41 Å². The molecule has 0 aliphatic heterocycles. The summed E-state index contributed by atoms with van der Waals surface area (Å²) in [5.74, 6) is 0.737. The van der Waals surface area contributed by atoms with E-state index >= 15 is 0 Å². The van der Waals surface area contributed by atoms with Gasteiger partial charge in [-0.05, 0) is 50.4 Å². The van der Waals surface area contributed by atoms with Gasteiger partial charge in [-0.2, -0.15) is 0 Å². The molecule has 0 amide bonds. The van der Waals surface area contributed by atoms with E-state index in [0.717, 1.165) is 32.1 Å². The lowest BCUT2D eigenvalue weighted by molar-refractivity contribution is 0.253. The van der Waals surface area contributed by atoms with Gasteiger partial charge in [0.2, 0.25) is 0 Å². The van der Waals surface area contributed by atoms with Crippen molar-refractivity contribution in [3.8, 4) is 0 Å². The highest BCUT2D eigenvalue weighted by molar-refractivity contribution is 4.71. The number of hydrogen-bond acceptors (Lipinski definition) is 2. The number of nitrogens with one attached hydrogen (secondary N) is 2. The zero-order chi connectivity index (χ0) is 11.7. The number of rotatable bonds is 8. The van der Waals surface area contributed by atoms with E-state index in [1.807, 2.05) is 0 Å². The zero-order valence-electron chi connectivity index (χ0n) is 11.3. The van der Waals surface area contributed by atoms with Gasteiger partial charge in [0.05, 0.1) is 0 Å². The largest absolute Gasteiger partial charge is 0.317 e. The third-order valence-electron chi connectivity index (χ3n) is 3.06. The summed E-state index contributed by atoms with van der Waals surface area (Å²) >= 11 is 0. The first-order valence-electron chi connectivity index (χ1n) is 6.40. The second kappa shape index (κ2) is 8.12. The molecule has 2 nitrogen and oxygen atoms in total. The van der Waals surface area contributed by atoms with E-state index < -0.39 is 0 Å². The molecular weight excluding hydrogens is 184 g/mol. The first-order valence-corrected chi connectivity index (χ1v) is 6.40. The van der Waals surface area contributed by atoms with E-state index in [-0.39, 0.29) is 0 Å². The van der Waals surface area contributed by atoms with Crippen LogP contribution in [0.4, 0.5) is 0 Å². The van der Waals surface area contributed by atoms with Gasteiger partial charge in [0.15, 0.2) is 0 Å². The van der Waals surface area contributed by atoms with Crippen molar-refractivity contribution >= 4 is 0 Å². The number of hydrogen-bond donors (Lipinski definition) is 2. The third-order valence-corrected chi connectivity index (χ3v) is 3.06. The fourth-order valence-corrected chi connectivity index (χ4v) is 1.26. The molecule has 0 spiro atoms. The third kappa shape index (κ3) is 8.88. The van der Waals surface area contributed by atoms with E-state index in [4.69, 9.17) is 0 Å². The maximum atomic E-state index is 3.53. The first-order chi connectivity index (χ1) is 6.98. The quantitative estimate of drug-likeness (QED) is 0.607. The molecule has 0 radical (unpaired) electrons. The van der Waals surface area contributed by atoms with Gasteiger partial charge in [0.25, 0.3) is 0 Å². The lowest BCUT2D eigenvalue weighted by Crippen LogP contribution is -2.31. The van der Waals surface area contributed by atoms with Crippen LogP contribution in [0.2, 0.25) is 0 Å². The molecule has 0 saturated carbocycles. The standard InChI is InChI=1S/C13H30N2/c1-6-8-14-9-7-10-15-11-12(2)13(3,4)5/h12,14-15H,6-11H2,1-5H3. The molecule has 0 aromatic carbocycles. The molecule has 15 heavy (non-hydrogen) atoms. The Morgan fingerprint density at radius 3 is 2.13 bits per heavy atom. The molecule has 0 fully saturated rings. The Labute approximate surface area is 96.2 Å². The predicted octanol–water partition coefficient (Wildman–Crippen LogP) is 2.65. The summed E-state index contributed by atoms with van der Waals surface area (Å²) in [6.45, 7) is 16.0. The molecule has 0 aliphatic carbocycles. The van der Waals surface area contributed by atoms with Gasteiger partial charge in [0.1, 0.15) is 0 Å². The first kappa shape index (κ1) is 14.9. The van der Waals surface area contributed by atoms with Crippen LogP contribution in [-0.2, 0) is 0 Å². The normalized spacial score (nSPS) is 14.2. The summed E-state index contributed by atoms with van der Waals surface area (Å²) in [7, 11) is 0. The van der Waals surface area contributed by atoms with Crippen molar-refractivity contribution < 1.29 is 0 Å². The molecule has 0 heterocycles. The van der Waals surface area contributed by atoms with Crippen molar-refractivity contribution in [2.24, 2.45) is 11.3 Å². The highest BCUT2D eigenvalue weighted by atomic mass is 14.9. The van der Waals surface area contributed by atoms with Crippen LogP contribution < -0.4 is 10.6 Å². The van der Waals surface area contributed by atoms with Crippen LogP contribution in [-0.4, -0.2) is 26.2 Å². The van der Waals surface area contributed by atoms with Gasteiger partial charge in [-0.15, -0.1) is 0 Å². The Bertz CT molecular complexity index is 138. The molecule has 0 aromatic rings. The van der Waals surface area contributed by atoms with Gasteiger partial charge in [-0.1, -0.05) is 34.6 Å². The van der Waals surface area contributed by atoms with Crippen LogP contribution in [0.5, 0.6) is 0 Å². The van der Waals surface area contributed by atoms with Crippen LogP contribution in [0, 0.1) is 11.3 Å². The molecule has 0 bridgehead atoms. The second-order valence-corrected chi connectivity index (χ2v) is 5.57. The summed E-state index contributed by atoms with van der Waals surface area (Å²) in [6, 6.07) is 0. The van der Waals surface area contributed by atoms with Crippen LogP contribution in [0.25, 0.3) is 0 Å². The fourth-order valence-electron chi connectivity index (χ4n) is 1.26. The molecule has 2 heteroatoms. The Balaban J connectivity index is 3.24. The molecule has 0 aromatic heterocycles. The molecular formula is C13H30N2. The average Bonchev–Trinajstić information content (AvgIpc) is 2.14. The molecule has 0 rings (SSSR count). The summed E-state index contributed by atoms with van der Waals surface area (Å²) in [5.41, 5.74) is 0.424. The second-order valence-electron chi connectivity index (χ2n) is 5.57. The van der Waals surface area contributed by atoms with Crippen molar-refractivity contribution in [1.29, 1.82) is 0 Å². The van der Waals surface area contributed by atoms with Gasteiger partial charge >= 0.3 is 0 Å². The Morgan fingerprint density at radius 2 is 1.60 bits per heavy atom. The molecule has 1 atom stereocenters. The summed E-state index contributed by atoms with van der Waals surface area (Å²) in [5, 5.41) is 6.94. The van der Waals surface area contributed by atoms with E-state index in [2.05, 4.69) is 45.3 Å². The van der Waals surface area contributed by atoms with Crippen LogP contribution in [0.3, 0.4) is 0 Å². The monoisotopic (exact) mass is 214 g/mol. The van der Waals surface area contributed by atoms with Crippen molar-refractivity contribution in [3.05, 3.63) is 0 Å². The van der Waals surface area contributed by atoms with Crippen molar-refractivity contribution in [3.63, 3.8) is 0 Å². The van der Waals surface area contributed by atoms with E-state index in [1.54, 1.807) is 0 Å². The average molecular weight is 214 g/mol. The maximum absolute atomic E-state index is 3.53. The van der Waals surface area contributed by atoms with Gasteiger partial charge < -0.3 is 10.6 Å². The van der Waals surface area contributed by atoms with Crippen molar-refractivity contribution in [1.82, 2.24) is 10.6 Å². The molecule has 0 aliphatic rings.